The minimum atomic E-state index is -0.967. The summed E-state index contributed by atoms with van der Waals surface area (Å²) in [4.78, 5) is 25.3. The van der Waals surface area contributed by atoms with Gasteiger partial charge in [0.15, 0.2) is 0 Å². The Morgan fingerprint density at radius 3 is 2.81 bits per heavy atom. The molecule has 0 spiro atoms. The number of benzene rings is 1. The highest BCUT2D eigenvalue weighted by Crippen LogP contribution is 2.26. The summed E-state index contributed by atoms with van der Waals surface area (Å²) in [6.07, 6.45) is 1.28. The lowest BCUT2D eigenvalue weighted by atomic mass is 9.92. The fourth-order valence-electron chi connectivity index (χ4n) is 2.46. The molecule has 1 aliphatic heterocycles. The minimum Gasteiger partial charge on any atom is -0.480 e. The summed E-state index contributed by atoms with van der Waals surface area (Å²) in [5.41, 5.74) is 0. The van der Waals surface area contributed by atoms with Crippen molar-refractivity contribution >= 4 is 23.6 Å². The van der Waals surface area contributed by atoms with Crippen molar-refractivity contribution in [1.82, 2.24) is 4.90 Å². The first-order valence-electron chi connectivity index (χ1n) is 6.88. The van der Waals surface area contributed by atoms with Gasteiger partial charge < -0.3 is 10.0 Å². The van der Waals surface area contributed by atoms with Crippen LogP contribution in [0.5, 0.6) is 0 Å². The summed E-state index contributed by atoms with van der Waals surface area (Å²) in [6.45, 7) is 2.45. The predicted molar refractivity (Wildman–Crippen MR) is 78.7 cm³/mol. The quantitative estimate of drug-likeness (QED) is 0.869. The SMILES string of the molecule is CC1CCN(C(=O)CSc2ccccc2F)C(C(=O)O)C1. The van der Waals surface area contributed by atoms with Gasteiger partial charge in [-0.05, 0) is 30.9 Å². The molecule has 1 N–H and O–H groups in total. The van der Waals surface area contributed by atoms with E-state index in [4.69, 9.17) is 0 Å². The molecule has 2 rings (SSSR count). The highest BCUT2D eigenvalue weighted by atomic mass is 32.2. The zero-order chi connectivity index (χ0) is 15.4. The van der Waals surface area contributed by atoms with Crippen LogP contribution in [0.1, 0.15) is 19.8 Å². The Labute approximate surface area is 127 Å². The minimum absolute atomic E-state index is 0.0547. The van der Waals surface area contributed by atoms with Crippen LogP contribution in [0, 0.1) is 11.7 Å². The summed E-state index contributed by atoms with van der Waals surface area (Å²) >= 11 is 1.10. The lowest BCUT2D eigenvalue weighted by molar-refractivity contribution is -0.151. The van der Waals surface area contributed by atoms with Crippen molar-refractivity contribution in [2.45, 2.75) is 30.7 Å². The summed E-state index contributed by atoms with van der Waals surface area (Å²) in [5.74, 6) is -1.22. The van der Waals surface area contributed by atoms with Crippen LogP contribution in [-0.4, -0.2) is 40.2 Å². The van der Waals surface area contributed by atoms with Gasteiger partial charge in [-0.1, -0.05) is 19.1 Å². The highest BCUT2D eigenvalue weighted by molar-refractivity contribution is 8.00. The van der Waals surface area contributed by atoms with Gasteiger partial charge in [0.2, 0.25) is 5.91 Å². The van der Waals surface area contributed by atoms with E-state index in [9.17, 15) is 19.1 Å². The molecule has 0 aliphatic carbocycles. The molecule has 21 heavy (non-hydrogen) atoms. The van der Waals surface area contributed by atoms with Crippen LogP contribution in [-0.2, 0) is 9.59 Å². The standard InChI is InChI=1S/C15H18FNO3S/c1-10-6-7-17(12(8-10)15(19)20)14(18)9-21-13-5-3-2-4-11(13)16/h2-5,10,12H,6-9H2,1H3,(H,19,20). The van der Waals surface area contributed by atoms with E-state index in [-0.39, 0.29) is 17.5 Å². The third-order valence-corrected chi connectivity index (χ3v) is 4.69. The van der Waals surface area contributed by atoms with Crippen LogP contribution in [0.15, 0.2) is 29.2 Å². The van der Waals surface area contributed by atoms with Gasteiger partial charge in [-0.3, -0.25) is 4.79 Å². The largest absolute Gasteiger partial charge is 0.480 e. The molecule has 0 bridgehead atoms. The molecule has 1 saturated heterocycles. The fraction of sp³-hybridized carbons (Fsp3) is 0.467. The normalized spacial score (nSPS) is 22.1. The van der Waals surface area contributed by atoms with E-state index in [0.717, 1.165) is 18.2 Å². The van der Waals surface area contributed by atoms with Crippen LogP contribution in [0.4, 0.5) is 4.39 Å². The lowest BCUT2D eigenvalue weighted by Crippen LogP contribution is -2.50. The van der Waals surface area contributed by atoms with Crippen molar-refractivity contribution in [3.8, 4) is 0 Å². The Kier molecular flexibility index (Phi) is 5.22. The van der Waals surface area contributed by atoms with Crippen molar-refractivity contribution in [1.29, 1.82) is 0 Å². The third-order valence-electron chi connectivity index (χ3n) is 3.66. The van der Waals surface area contributed by atoms with Gasteiger partial charge in [0, 0.05) is 11.4 Å². The Morgan fingerprint density at radius 2 is 2.14 bits per heavy atom. The molecule has 0 saturated carbocycles. The van der Waals surface area contributed by atoms with E-state index in [1.165, 1.54) is 11.0 Å². The molecule has 1 aromatic carbocycles. The molecule has 1 aromatic rings. The monoisotopic (exact) mass is 311 g/mol. The maximum Gasteiger partial charge on any atom is 0.326 e. The molecule has 2 atom stereocenters. The van der Waals surface area contributed by atoms with E-state index in [1.807, 2.05) is 6.92 Å². The van der Waals surface area contributed by atoms with Gasteiger partial charge in [-0.25, -0.2) is 9.18 Å². The first-order chi connectivity index (χ1) is 9.99. The number of carbonyl (C=O) groups is 2. The zero-order valence-electron chi connectivity index (χ0n) is 11.8. The van der Waals surface area contributed by atoms with Crippen LogP contribution in [0.2, 0.25) is 0 Å². The summed E-state index contributed by atoms with van der Waals surface area (Å²) in [5, 5.41) is 9.24. The first-order valence-corrected chi connectivity index (χ1v) is 7.87. The van der Waals surface area contributed by atoms with Gasteiger partial charge in [-0.2, -0.15) is 0 Å². The molecular formula is C15H18FNO3S. The Bertz CT molecular complexity index is 537. The van der Waals surface area contributed by atoms with Gasteiger partial charge in [0.05, 0.1) is 5.75 Å². The number of nitrogens with zero attached hydrogens (tertiary/aromatic N) is 1. The van der Waals surface area contributed by atoms with E-state index in [0.29, 0.717) is 23.8 Å². The van der Waals surface area contributed by atoms with Crippen molar-refractivity contribution in [3.63, 3.8) is 0 Å². The second-order valence-corrected chi connectivity index (χ2v) is 6.31. The predicted octanol–water partition coefficient (Wildman–Crippen LogP) is 2.63. The average molecular weight is 311 g/mol. The average Bonchev–Trinajstić information content (AvgIpc) is 2.46. The number of rotatable bonds is 4. The summed E-state index contributed by atoms with van der Waals surface area (Å²) < 4.78 is 13.5. The van der Waals surface area contributed by atoms with E-state index < -0.39 is 12.0 Å². The number of hydrogen-bond acceptors (Lipinski definition) is 3. The van der Waals surface area contributed by atoms with E-state index in [1.54, 1.807) is 18.2 Å². The van der Waals surface area contributed by atoms with E-state index >= 15 is 0 Å². The first kappa shape index (κ1) is 15.8. The third kappa shape index (κ3) is 3.97. The number of thioether (sulfide) groups is 1. The van der Waals surface area contributed by atoms with Crippen molar-refractivity contribution in [2.24, 2.45) is 5.92 Å². The molecule has 6 heteroatoms. The molecule has 1 heterocycles. The van der Waals surface area contributed by atoms with Gasteiger partial charge in [0.25, 0.3) is 0 Å². The smallest absolute Gasteiger partial charge is 0.326 e. The second-order valence-electron chi connectivity index (χ2n) is 5.29. The molecule has 2 unspecified atom stereocenters. The van der Waals surface area contributed by atoms with Crippen molar-refractivity contribution in [2.75, 3.05) is 12.3 Å². The van der Waals surface area contributed by atoms with Gasteiger partial charge in [-0.15, -0.1) is 11.8 Å². The summed E-state index contributed by atoms with van der Waals surface area (Å²) in [6, 6.07) is 5.49. The van der Waals surface area contributed by atoms with Crippen LogP contribution < -0.4 is 0 Å². The van der Waals surface area contributed by atoms with Crippen LogP contribution >= 0.6 is 11.8 Å². The maximum absolute atomic E-state index is 13.5. The second kappa shape index (κ2) is 6.93. The zero-order valence-corrected chi connectivity index (χ0v) is 12.6. The molecule has 1 aliphatic rings. The topological polar surface area (TPSA) is 57.6 Å². The molecule has 0 aromatic heterocycles. The number of amides is 1. The molecule has 114 valence electrons. The molecule has 1 amide bonds. The molecular weight excluding hydrogens is 293 g/mol. The molecule has 0 radical (unpaired) electrons. The number of carboxylic acids is 1. The van der Waals surface area contributed by atoms with Crippen molar-refractivity contribution < 1.29 is 19.1 Å². The van der Waals surface area contributed by atoms with E-state index in [2.05, 4.69) is 0 Å². The number of likely N-dealkylation sites (tertiary alicyclic amines) is 1. The number of hydrogen-bond donors (Lipinski definition) is 1. The van der Waals surface area contributed by atoms with Crippen molar-refractivity contribution in [3.05, 3.63) is 30.1 Å². The number of piperidine rings is 1. The Balaban J connectivity index is 1.99. The number of carbonyl (C=O) groups excluding carboxylic acids is 1. The Morgan fingerprint density at radius 1 is 1.43 bits per heavy atom. The lowest BCUT2D eigenvalue weighted by Gasteiger charge is -2.36. The van der Waals surface area contributed by atoms with Crippen LogP contribution in [0.25, 0.3) is 0 Å². The fourth-order valence-corrected chi connectivity index (χ4v) is 3.28. The van der Waals surface area contributed by atoms with Gasteiger partial charge >= 0.3 is 5.97 Å². The summed E-state index contributed by atoms with van der Waals surface area (Å²) in [7, 11) is 0. The number of aliphatic carboxylic acids is 1. The maximum atomic E-state index is 13.5. The molecule has 1 fully saturated rings. The Hall–Kier alpha value is -1.56. The van der Waals surface area contributed by atoms with Gasteiger partial charge in [0.1, 0.15) is 11.9 Å². The van der Waals surface area contributed by atoms with Crippen LogP contribution in [0.3, 0.4) is 0 Å². The molecule has 4 nitrogen and oxygen atoms in total. The number of halogens is 1. The number of carboxylic acid groups (broad SMARTS) is 1. The highest BCUT2D eigenvalue weighted by Gasteiger charge is 2.34.